The van der Waals surface area contributed by atoms with Crippen LogP contribution in [0.2, 0.25) is 0 Å². The Morgan fingerprint density at radius 1 is 1.44 bits per heavy atom. The molecule has 1 aliphatic heterocycles. The zero-order chi connectivity index (χ0) is 23.9. The zero-order valence-corrected chi connectivity index (χ0v) is 20.5. The van der Waals surface area contributed by atoms with E-state index in [4.69, 9.17) is 9.84 Å². The Kier molecular flexibility index (Phi) is 9.71. The van der Waals surface area contributed by atoms with Gasteiger partial charge in [0.05, 0.1) is 6.61 Å². The normalized spacial score (nSPS) is 17.8. The van der Waals surface area contributed by atoms with Crippen molar-refractivity contribution in [3.63, 3.8) is 0 Å². The van der Waals surface area contributed by atoms with E-state index in [1.807, 2.05) is 39.0 Å². The van der Waals surface area contributed by atoms with Crippen molar-refractivity contribution in [3.8, 4) is 5.88 Å². The van der Waals surface area contributed by atoms with E-state index in [-0.39, 0.29) is 11.7 Å². The highest BCUT2D eigenvalue weighted by molar-refractivity contribution is 7.99. The van der Waals surface area contributed by atoms with Gasteiger partial charge in [0.25, 0.3) is 0 Å². The van der Waals surface area contributed by atoms with Crippen molar-refractivity contribution in [2.45, 2.75) is 45.1 Å². The second kappa shape index (κ2) is 11.8. The molecule has 178 valence electrons. The lowest BCUT2D eigenvalue weighted by Gasteiger charge is -2.35. The second-order valence-electron chi connectivity index (χ2n) is 7.81. The lowest BCUT2D eigenvalue weighted by Crippen LogP contribution is -2.50. The molecule has 2 rings (SSSR count). The van der Waals surface area contributed by atoms with Gasteiger partial charge in [0, 0.05) is 24.9 Å². The van der Waals surface area contributed by atoms with Gasteiger partial charge in [0.2, 0.25) is 5.88 Å². The molecule has 1 unspecified atom stereocenters. The summed E-state index contributed by atoms with van der Waals surface area (Å²) in [6.45, 7) is 11.7. The van der Waals surface area contributed by atoms with Crippen molar-refractivity contribution >= 4 is 27.8 Å². The molecule has 0 spiro atoms. The van der Waals surface area contributed by atoms with Gasteiger partial charge in [-0.15, -0.1) is 0 Å². The number of aromatic nitrogens is 2. The molecule has 9 nitrogen and oxygen atoms in total. The molecule has 11 heteroatoms. The molecule has 1 aromatic rings. The molecule has 2 atom stereocenters. The first-order chi connectivity index (χ1) is 15.0. The maximum absolute atomic E-state index is 12.6. The average molecular weight is 485 g/mol. The molecule has 3 N–H and O–H groups in total. The number of aliphatic hydroxyl groups is 2. The van der Waals surface area contributed by atoms with Crippen LogP contribution in [-0.2, 0) is 10.2 Å². The fraction of sp³-hybridized carbons (Fsp3) is 0.524. The van der Waals surface area contributed by atoms with Crippen LogP contribution in [0.1, 0.15) is 27.7 Å². The van der Waals surface area contributed by atoms with Crippen LogP contribution in [0.4, 0.5) is 5.82 Å². The summed E-state index contributed by atoms with van der Waals surface area (Å²) in [4.78, 5) is 8.66. The Morgan fingerprint density at radius 2 is 2.12 bits per heavy atom. The topological polar surface area (TPSA) is 125 Å². The van der Waals surface area contributed by atoms with Crippen LogP contribution in [0, 0.1) is 5.92 Å². The van der Waals surface area contributed by atoms with E-state index in [1.54, 1.807) is 6.92 Å². The minimum Gasteiger partial charge on any atom is -0.472 e. The van der Waals surface area contributed by atoms with Crippen LogP contribution in [0.25, 0.3) is 0 Å². The molecule has 0 amide bonds. The summed E-state index contributed by atoms with van der Waals surface area (Å²) in [6.07, 6.45) is 3.95. The molecule has 32 heavy (non-hydrogen) atoms. The third-order valence-corrected chi connectivity index (χ3v) is 7.01. The molecule has 0 aliphatic carbocycles. The van der Waals surface area contributed by atoms with E-state index >= 15 is 0 Å². The number of hydrogen-bond acceptors (Lipinski definition) is 8. The highest BCUT2D eigenvalue weighted by atomic mass is 32.2. The summed E-state index contributed by atoms with van der Waals surface area (Å²) in [5.41, 5.74) is 1.95. The van der Waals surface area contributed by atoms with Gasteiger partial charge in [-0.1, -0.05) is 49.1 Å². The van der Waals surface area contributed by atoms with Crippen LogP contribution in [0.3, 0.4) is 0 Å². The van der Waals surface area contributed by atoms with Crippen molar-refractivity contribution in [2.75, 3.05) is 30.2 Å². The third kappa shape index (κ3) is 7.89. The van der Waals surface area contributed by atoms with Crippen LogP contribution < -0.4 is 9.46 Å². The third-order valence-electron chi connectivity index (χ3n) is 4.64. The highest BCUT2D eigenvalue weighted by Crippen LogP contribution is 2.26. The number of ether oxygens (including phenoxy) is 1. The number of allylic oxidation sites excluding steroid dienone is 4. The summed E-state index contributed by atoms with van der Waals surface area (Å²) in [5, 5.41) is 19.2. The number of anilines is 1. The summed E-state index contributed by atoms with van der Waals surface area (Å²) in [7, 11) is -3.74. The molecule has 2 heterocycles. The van der Waals surface area contributed by atoms with Crippen LogP contribution >= 0.6 is 11.8 Å². The summed E-state index contributed by atoms with van der Waals surface area (Å²) >= 11 is 1.32. The first-order valence-electron chi connectivity index (χ1n) is 10.3. The van der Waals surface area contributed by atoms with Crippen LogP contribution in [-0.4, -0.2) is 70.6 Å². The Hall–Kier alpha value is -1.92. The van der Waals surface area contributed by atoms with Gasteiger partial charge in [0.1, 0.15) is 18.0 Å². The molecule has 0 saturated carbocycles. The second-order valence-corrected chi connectivity index (χ2v) is 10.4. The van der Waals surface area contributed by atoms with Gasteiger partial charge in [-0.3, -0.25) is 4.72 Å². The van der Waals surface area contributed by atoms with Crippen molar-refractivity contribution < 1.29 is 23.4 Å². The summed E-state index contributed by atoms with van der Waals surface area (Å²) < 4.78 is 34.6. The number of nitrogens with zero attached hydrogens (tertiary/aromatic N) is 3. The molecule has 1 aliphatic rings. The first kappa shape index (κ1) is 26.3. The number of thioether (sulfide) groups is 1. The number of aliphatic hydroxyl groups excluding tert-OH is 2. The Morgan fingerprint density at radius 3 is 2.69 bits per heavy atom. The van der Waals surface area contributed by atoms with Crippen molar-refractivity contribution in [1.82, 2.24) is 14.3 Å². The number of rotatable bonds is 12. The van der Waals surface area contributed by atoms with Crippen molar-refractivity contribution in [2.24, 2.45) is 5.92 Å². The van der Waals surface area contributed by atoms with E-state index in [2.05, 4.69) is 21.3 Å². The van der Waals surface area contributed by atoms with E-state index in [0.717, 1.165) is 11.1 Å². The highest BCUT2D eigenvalue weighted by Gasteiger charge is 2.33. The molecule has 0 radical (unpaired) electrons. The van der Waals surface area contributed by atoms with E-state index < -0.39 is 29.0 Å². The van der Waals surface area contributed by atoms with Gasteiger partial charge in [-0.05, 0) is 32.3 Å². The predicted molar refractivity (Wildman–Crippen MR) is 127 cm³/mol. The monoisotopic (exact) mass is 484 g/mol. The predicted octanol–water partition coefficient (Wildman–Crippen LogP) is 2.38. The zero-order valence-electron chi connectivity index (χ0n) is 18.9. The molecule has 1 fully saturated rings. The van der Waals surface area contributed by atoms with Gasteiger partial charge >= 0.3 is 10.2 Å². The van der Waals surface area contributed by atoms with Crippen LogP contribution in [0.15, 0.2) is 47.2 Å². The quantitative estimate of drug-likeness (QED) is 0.235. The Labute approximate surface area is 194 Å². The maximum atomic E-state index is 12.6. The van der Waals surface area contributed by atoms with Gasteiger partial charge in [-0.2, -0.15) is 17.7 Å². The van der Waals surface area contributed by atoms with Gasteiger partial charge < -0.3 is 14.9 Å². The van der Waals surface area contributed by atoms with Gasteiger partial charge in [-0.25, -0.2) is 4.98 Å². The summed E-state index contributed by atoms with van der Waals surface area (Å²) in [5.74, 6) is 1.03. The van der Waals surface area contributed by atoms with Crippen molar-refractivity contribution in [3.05, 3.63) is 42.0 Å². The molecular weight excluding hydrogens is 452 g/mol. The maximum Gasteiger partial charge on any atom is 0.302 e. The Bertz CT molecular complexity index is 959. The van der Waals surface area contributed by atoms with E-state index in [9.17, 15) is 13.5 Å². The Balaban J connectivity index is 2.24. The minimum absolute atomic E-state index is 0.0715. The van der Waals surface area contributed by atoms with Crippen LogP contribution in [0.5, 0.6) is 5.88 Å². The molecular formula is C21H32N4O5S2. The van der Waals surface area contributed by atoms with Gasteiger partial charge in [0.15, 0.2) is 5.16 Å². The fourth-order valence-electron chi connectivity index (χ4n) is 2.66. The van der Waals surface area contributed by atoms with E-state index in [0.29, 0.717) is 29.9 Å². The molecule has 0 bridgehead atoms. The number of hydrogen-bond donors (Lipinski definition) is 3. The average Bonchev–Trinajstić information content (AvgIpc) is 2.70. The smallest absolute Gasteiger partial charge is 0.302 e. The molecule has 1 saturated heterocycles. The fourth-order valence-corrected chi connectivity index (χ4v) is 4.93. The van der Waals surface area contributed by atoms with E-state index in [1.165, 1.54) is 22.1 Å². The lowest BCUT2D eigenvalue weighted by atomic mass is 10.1. The summed E-state index contributed by atoms with van der Waals surface area (Å²) in [6, 6.07) is 1.36. The minimum atomic E-state index is -3.74. The SMILES string of the molecule is C=C(C)/C=C\C(=CC)CSc1nc(NS(=O)(=O)N2CC(C)C2)cc(O[C@H](C)C(O)CO)n1. The molecule has 0 aromatic carbocycles. The first-order valence-corrected chi connectivity index (χ1v) is 12.7. The largest absolute Gasteiger partial charge is 0.472 e. The molecule has 1 aromatic heterocycles. The standard InChI is InChI=1S/C21H32N4O5S2/c1-6-17(8-7-14(2)3)13-31-21-22-19(24-32(28,29)25-10-15(4)11-25)9-20(23-21)30-16(5)18(27)12-26/h6-9,15-16,18,26-27H,2,10-13H2,1,3-5H3,(H,22,23,24)/b8-7-,17-6?/t16-,18?/m1/s1. The lowest BCUT2D eigenvalue weighted by molar-refractivity contribution is 0.00599. The van der Waals surface area contributed by atoms with Crippen molar-refractivity contribution in [1.29, 1.82) is 0 Å². The number of nitrogens with one attached hydrogen (secondary N) is 1.